The molecule has 118 valence electrons. The van der Waals surface area contributed by atoms with Crippen LogP contribution in [0.15, 0.2) is 65.6 Å². The first kappa shape index (κ1) is 17.8. The molecule has 0 saturated heterocycles. The highest BCUT2D eigenvalue weighted by atomic mass is 32.2. The van der Waals surface area contributed by atoms with Gasteiger partial charge >= 0.3 is 5.97 Å². The predicted octanol–water partition coefficient (Wildman–Crippen LogP) is 1.57. The summed E-state index contributed by atoms with van der Waals surface area (Å²) in [6.45, 7) is 0. The first-order valence-electron chi connectivity index (χ1n) is 6.35. The van der Waals surface area contributed by atoms with Crippen LogP contribution in [0.5, 0.6) is 0 Å². The second-order valence-electron chi connectivity index (χ2n) is 4.42. The number of hydrogen-bond donors (Lipinski definition) is 3. The van der Waals surface area contributed by atoms with Gasteiger partial charge in [0.05, 0.1) is 4.90 Å². The summed E-state index contributed by atoms with van der Waals surface area (Å²) in [5.41, 5.74) is 6.30. The zero-order valence-corrected chi connectivity index (χ0v) is 12.5. The molecule has 2 rings (SSSR count). The lowest BCUT2D eigenvalue weighted by Gasteiger charge is -2.04. The van der Waals surface area contributed by atoms with Crippen LogP contribution in [0.4, 0.5) is 0 Å². The highest BCUT2D eigenvalue weighted by Gasteiger charge is 2.11. The number of rotatable bonds is 4. The largest absolute Gasteiger partial charge is 0.480 e. The number of nitrogens with two attached hydrogens (primary N) is 1. The van der Waals surface area contributed by atoms with Gasteiger partial charge in [0, 0.05) is 0 Å². The Balaban J connectivity index is 0.000000224. The van der Waals surface area contributed by atoms with E-state index in [0.717, 1.165) is 5.56 Å². The average Bonchev–Trinajstić information content (AvgIpc) is 2.49. The van der Waals surface area contributed by atoms with Gasteiger partial charge in [0.1, 0.15) is 6.04 Å². The summed E-state index contributed by atoms with van der Waals surface area (Å²) in [6.07, 6.45) is 0.385. The lowest BCUT2D eigenvalue weighted by atomic mass is 10.1. The monoisotopic (exact) mass is 323 g/mol. The van der Waals surface area contributed by atoms with Crippen molar-refractivity contribution in [3.05, 3.63) is 66.2 Å². The number of carbonyl (C=O) groups is 1. The van der Waals surface area contributed by atoms with E-state index >= 15 is 0 Å². The molecule has 0 aliphatic heterocycles. The molecular formula is C15H17NO5S. The Bertz CT molecular complexity index is 686. The van der Waals surface area contributed by atoms with Crippen LogP contribution in [0.2, 0.25) is 0 Å². The minimum Gasteiger partial charge on any atom is -0.480 e. The summed E-state index contributed by atoms with van der Waals surface area (Å²) in [5.74, 6) is -0.959. The van der Waals surface area contributed by atoms with Gasteiger partial charge in [-0.3, -0.25) is 9.35 Å². The fourth-order valence-electron chi connectivity index (χ4n) is 1.55. The fraction of sp³-hybridized carbons (Fsp3) is 0.133. The van der Waals surface area contributed by atoms with E-state index in [1.807, 2.05) is 30.3 Å². The van der Waals surface area contributed by atoms with Gasteiger partial charge < -0.3 is 10.8 Å². The maximum atomic E-state index is 10.4. The van der Waals surface area contributed by atoms with E-state index in [9.17, 15) is 13.2 Å². The molecule has 22 heavy (non-hydrogen) atoms. The van der Waals surface area contributed by atoms with E-state index in [-0.39, 0.29) is 4.90 Å². The van der Waals surface area contributed by atoms with Crippen molar-refractivity contribution < 1.29 is 22.9 Å². The first-order valence-corrected chi connectivity index (χ1v) is 7.79. The molecule has 7 heteroatoms. The normalized spacial score (nSPS) is 11.9. The van der Waals surface area contributed by atoms with Gasteiger partial charge in [-0.1, -0.05) is 48.5 Å². The van der Waals surface area contributed by atoms with Gasteiger partial charge in [-0.15, -0.1) is 0 Å². The number of carboxylic acids is 1. The van der Waals surface area contributed by atoms with Crippen molar-refractivity contribution in [2.75, 3.05) is 0 Å². The molecule has 0 amide bonds. The molecule has 0 saturated carbocycles. The quantitative estimate of drug-likeness (QED) is 0.735. The standard InChI is InChI=1S/C9H11NO2.C6H6O3S/c10-8(9(11)12)6-7-4-2-1-3-5-7;7-10(8,9)6-4-2-1-3-5-6/h1-5,8H,6,10H2,(H,11,12);1-5H,(H,7,8,9). The summed E-state index contributed by atoms with van der Waals surface area (Å²) in [4.78, 5) is 10.3. The lowest BCUT2D eigenvalue weighted by molar-refractivity contribution is -0.138. The maximum Gasteiger partial charge on any atom is 0.320 e. The summed E-state index contributed by atoms with van der Waals surface area (Å²) >= 11 is 0. The van der Waals surface area contributed by atoms with Gasteiger partial charge in [-0.25, -0.2) is 0 Å². The van der Waals surface area contributed by atoms with Crippen molar-refractivity contribution in [3.8, 4) is 0 Å². The van der Waals surface area contributed by atoms with E-state index in [2.05, 4.69) is 0 Å². The van der Waals surface area contributed by atoms with Gasteiger partial charge in [-0.2, -0.15) is 8.42 Å². The zero-order chi connectivity index (χ0) is 16.6. The highest BCUT2D eigenvalue weighted by Crippen LogP contribution is 2.05. The molecule has 0 aliphatic rings. The number of benzene rings is 2. The topological polar surface area (TPSA) is 118 Å². The third kappa shape index (κ3) is 6.49. The molecule has 2 aromatic rings. The molecule has 6 nitrogen and oxygen atoms in total. The summed E-state index contributed by atoms with van der Waals surface area (Å²) < 4.78 is 29.2. The molecule has 0 heterocycles. The summed E-state index contributed by atoms with van der Waals surface area (Å²) in [7, 11) is -4.00. The average molecular weight is 323 g/mol. The van der Waals surface area contributed by atoms with Gasteiger partial charge in [0.15, 0.2) is 0 Å². The van der Waals surface area contributed by atoms with Gasteiger partial charge in [0.2, 0.25) is 0 Å². The van der Waals surface area contributed by atoms with Crippen LogP contribution in [0.3, 0.4) is 0 Å². The number of hydrogen-bond acceptors (Lipinski definition) is 4. The molecule has 0 radical (unpaired) electrons. The van der Waals surface area contributed by atoms with E-state index < -0.39 is 22.1 Å². The minimum atomic E-state index is -4.00. The van der Waals surface area contributed by atoms with Crippen LogP contribution in [-0.2, 0) is 21.3 Å². The van der Waals surface area contributed by atoms with Crippen molar-refractivity contribution >= 4 is 16.1 Å². The van der Waals surface area contributed by atoms with Crippen LogP contribution >= 0.6 is 0 Å². The fourth-order valence-corrected chi connectivity index (χ4v) is 2.05. The van der Waals surface area contributed by atoms with Crippen molar-refractivity contribution in [2.45, 2.75) is 17.4 Å². The molecular weight excluding hydrogens is 306 g/mol. The van der Waals surface area contributed by atoms with Crippen LogP contribution in [0, 0.1) is 0 Å². The van der Waals surface area contributed by atoms with Gasteiger partial charge in [-0.05, 0) is 24.1 Å². The van der Waals surface area contributed by atoms with Crippen molar-refractivity contribution in [2.24, 2.45) is 5.73 Å². The Kier molecular flexibility index (Phi) is 6.71. The Morgan fingerprint density at radius 3 is 1.82 bits per heavy atom. The van der Waals surface area contributed by atoms with E-state index in [0.29, 0.717) is 6.42 Å². The van der Waals surface area contributed by atoms with Gasteiger partial charge in [0.25, 0.3) is 10.1 Å². The molecule has 1 unspecified atom stereocenters. The second kappa shape index (κ2) is 8.28. The van der Waals surface area contributed by atoms with E-state index in [1.54, 1.807) is 18.2 Å². The minimum absolute atomic E-state index is 0.0741. The third-order valence-electron chi connectivity index (χ3n) is 2.66. The molecule has 0 spiro atoms. The maximum absolute atomic E-state index is 10.4. The smallest absolute Gasteiger partial charge is 0.320 e. The van der Waals surface area contributed by atoms with Crippen molar-refractivity contribution in [1.29, 1.82) is 0 Å². The van der Waals surface area contributed by atoms with Crippen LogP contribution in [0.1, 0.15) is 5.56 Å². The highest BCUT2D eigenvalue weighted by molar-refractivity contribution is 7.85. The second-order valence-corrected chi connectivity index (χ2v) is 5.84. The molecule has 4 N–H and O–H groups in total. The van der Waals surface area contributed by atoms with Crippen molar-refractivity contribution in [1.82, 2.24) is 0 Å². The first-order chi connectivity index (χ1) is 10.3. The zero-order valence-electron chi connectivity index (χ0n) is 11.7. The van der Waals surface area contributed by atoms with E-state index in [1.165, 1.54) is 12.1 Å². The van der Waals surface area contributed by atoms with Crippen LogP contribution in [0.25, 0.3) is 0 Å². The molecule has 0 aromatic heterocycles. The molecule has 2 aromatic carbocycles. The third-order valence-corrected chi connectivity index (χ3v) is 3.52. The Labute approximate surface area is 129 Å². The van der Waals surface area contributed by atoms with Crippen LogP contribution < -0.4 is 5.73 Å². The molecule has 0 aliphatic carbocycles. The number of carboxylic acid groups (broad SMARTS) is 1. The Morgan fingerprint density at radius 1 is 1.00 bits per heavy atom. The van der Waals surface area contributed by atoms with E-state index in [4.69, 9.17) is 15.4 Å². The Hall–Kier alpha value is -2.22. The lowest BCUT2D eigenvalue weighted by Crippen LogP contribution is -2.32. The molecule has 0 fully saturated rings. The SMILES string of the molecule is NC(Cc1ccccc1)C(=O)O.O=S(=O)(O)c1ccccc1. The molecule has 1 atom stereocenters. The van der Waals surface area contributed by atoms with Crippen molar-refractivity contribution in [3.63, 3.8) is 0 Å². The van der Waals surface area contributed by atoms with Crippen LogP contribution in [-0.4, -0.2) is 30.1 Å². The predicted molar refractivity (Wildman–Crippen MR) is 82.0 cm³/mol. The summed E-state index contributed by atoms with van der Waals surface area (Å²) in [5, 5.41) is 8.52. The Morgan fingerprint density at radius 2 is 1.45 bits per heavy atom. The molecule has 0 bridgehead atoms. The number of aliphatic carboxylic acids is 1. The summed E-state index contributed by atoms with van der Waals surface area (Å²) in [6, 6.07) is 16.0.